The van der Waals surface area contributed by atoms with Crippen molar-refractivity contribution in [3.63, 3.8) is 0 Å². The maximum absolute atomic E-state index is 2.59. The van der Waals surface area contributed by atoms with Crippen LogP contribution < -0.4 is 0 Å². The molecule has 4 aliphatic rings. The van der Waals surface area contributed by atoms with Crippen molar-refractivity contribution in [1.82, 2.24) is 0 Å². The van der Waals surface area contributed by atoms with Crippen LogP contribution in [-0.4, -0.2) is 0 Å². The Labute approximate surface area is 88.5 Å². The van der Waals surface area contributed by atoms with Gasteiger partial charge >= 0.3 is 0 Å². The summed E-state index contributed by atoms with van der Waals surface area (Å²) in [6.07, 6.45) is 3.07. The molecule has 0 nitrogen and oxygen atoms in total. The van der Waals surface area contributed by atoms with Crippen molar-refractivity contribution in [3.8, 4) is 0 Å². The van der Waals surface area contributed by atoms with Crippen molar-refractivity contribution in [2.24, 2.45) is 40.4 Å². The van der Waals surface area contributed by atoms with Crippen molar-refractivity contribution in [2.75, 3.05) is 0 Å². The fourth-order valence-corrected chi connectivity index (χ4v) is 5.52. The highest BCUT2D eigenvalue weighted by Crippen LogP contribution is 2.76. The smallest absolute Gasteiger partial charge is 0.0233 e. The van der Waals surface area contributed by atoms with E-state index in [9.17, 15) is 0 Å². The monoisotopic (exact) mass is 192 g/mol. The van der Waals surface area contributed by atoms with Crippen molar-refractivity contribution in [2.45, 2.75) is 47.5 Å². The molecule has 0 heterocycles. The van der Waals surface area contributed by atoms with Crippen LogP contribution in [0.15, 0.2) is 0 Å². The van der Waals surface area contributed by atoms with Crippen molar-refractivity contribution >= 4 is 0 Å². The van der Waals surface area contributed by atoms with E-state index < -0.39 is 0 Å². The SMILES string of the molecule is CC1C(C)C2(C)C1CC1CC2C1(C)C. The third kappa shape index (κ3) is 0.686. The Morgan fingerprint density at radius 3 is 2.21 bits per heavy atom. The van der Waals surface area contributed by atoms with Gasteiger partial charge in [0.25, 0.3) is 0 Å². The van der Waals surface area contributed by atoms with E-state index in [4.69, 9.17) is 0 Å². The Kier molecular flexibility index (Phi) is 1.47. The van der Waals surface area contributed by atoms with E-state index in [0.29, 0.717) is 10.8 Å². The molecule has 0 aromatic carbocycles. The molecule has 0 amide bonds. The summed E-state index contributed by atoms with van der Waals surface area (Å²) in [5, 5.41) is 0. The molecule has 0 N–H and O–H groups in total. The van der Waals surface area contributed by atoms with E-state index in [1.54, 1.807) is 0 Å². The Morgan fingerprint density at radius 2 is 1.64 bits per heavy atom. The molecule has 4 aliphatic carbocycles. The molecule has 0 saturated heterocycles. The summed E-state index contributed by atoms with van der Waals surface area (Å²) in [4.78, 5) is 0. The van der Waals surface area contributed by atoms with Crippen molar-refractivity contribution < 1.29 is 0 Å². The Hall–Kier alpha value is 0. The first-order chi connectivity index (χ1) is 6.40. The maximum Gasteiger partial charge on any atom is -0.0233 e. The van der Waals surface area contributed by atoms with E-state index in [1.807, 2.05) is 0 Å². The Morgan fingerprint density at radius 1 is 1.00 bits per heavy atom. The first kappa shape index (κ1) is 9.24. The Bertz CT molecular complexity index is 278. The maximum atomic E-state index is 2.59. The molecule has 80 valence electrons. The lowest BCUT2D eigenvalue weighted by Crippen LogP contribution is -2.70. The van der Waals surface area contributed by atoms with Gasteiger partial charge in [0.15, 0.2) is 0 Å². The molecule has 0 aromatic heterocycles. The second-order valence-electron chi connectivity index (χ2n) is 7.16. The number of rotatable bonds is 0. The van der Waals surface area contributed by atoms with Crippen molar-refractivity contribution in [3.05, 3.63) is 0 Å². The fourth-order valence-electron chi connectivity index (χ4n) is 5.52. The molecule has 0 radical (unpaired) electrons. The van der Waals surface area contributed by atoms with Crippen molar-refractivity contribution in [1.29, 1.82) is 0 Å². The second-order valence-corrected chi connectivity index (χ2v) is 7.16. The normalized spacial score (nSPS) is 63.6. The average molecular weight is 192 g/mol. The minimum absolute atomic E-state index is 0.666. The van der Waals surface area contributed by atoms with Crippen LogP contribution in [0.1, 0.15) is 47.5 Å². The minimum Gasteiger partial charge on any atom is -0.0619 e. The number of hydrogen-bond acceptors (Lipinski definition) is 0. The summed E-state index contributed by atoms with van der Waals surface area (Å²) in [6, 6.07) is 0. The van der Waals surface area contributed by atoms with Crippen LogP contribution in [0.5, 0.6) is 0 Å². The first-order valence-corrected chi connectivity index (χ1v) is 6.40. The largest absolute Gasteiger partial charge is 0.0619 e. The van der Waals surface area contributed by atoms with Gasteiger partial charge in [-0.2, -0.15) is 0 Å². The van der Waals surface area contributed by atoms with Crippen LogP contribution in [0, 0.1) is 40.4 Å². The molecule has 0 aliphatic heterocycles. The molecule has 6 atom stereocenters. The summed E-state index contributed by atoms with van der Waals surface area (Å²) in [6.45, 7) is 12.6. The van der Waals surface area contributed by atoms with Crippen LogP contribution in [-0.2, 0) is 0 Å². The van der Waals surface area contributed by atoms with Gasteiger partial charge in [-0.3, -0.25) is 0 Å². The van der Waals surface area contributed by atoms with Crippen LogP contribution in [0.4, 0.5) is 0 Å². The van der Waals surface area contributed by atoms with Crippen LogP contribution in [0.2, 0.25) is 0 Å². The van der Waals surface area contributed by atoms with E-state index in [0.717, 1.165) is 29.6 Å². The van der Waals surface area contributed by atoms with Gasteiger partial charge in [0.1, 0.15) is 0 Å². The van der Waals surface area contributed by atoms with Gasteiger partial charge in [-0.1, -0.05) is 34.6 Å². The van der Waals surface area contributed by atoms with E-state index >= 15 is 0 Å². The molecule has 0 aromatic rings. The number of hydrogen-bond donors (Lipinski definition) is 0. The molecule has 6 unspecified atom stereocenters. The zero-order chi connectivity index (χ0) is 10.3. The highest BCUT2D eigenvalue weighted by molar-refractivity contribution is 5.18. The van der Waals surface area contributed by atoms with Gasteiger partial charge in [0, 0.05) is 0 Å². The lowest BCUT2D eigenvalue weighted by Gasteiger charge is -2.76. The molecule has 14 heavy (non-hydrogen) atoms. The summed E-state index contributed by atoms with van der Waals surface area (Å²) < 4.78 is 0. The van der Waals surface area contributed by atoms with Gasteiger partial charge in [0.05, 0.1) is 0 Å². The standard InChI is InChI=1S/C14H24/c1-8-9(2)14(5)11(8)6-10-7-12(14)13(10,3)4/h8-12H,6-7H2,1-5H3. The molecule has 0 heteroatoms. The van der Waals surface area contributed by atoms with Crippen LogP contribution >= 0.6 is 0 Å². The minimum atomic E-state index is 0.666. The zero-order valence-corrected chi connectivity index (χ0v) is 10.3. The fraction of sp³-hybridized carbons (Fsp3) is 1.00. The third-order valence-electron chi connectivity index (χ3n) is 6.96. The lowest BCUT2D eigenvalue weighted by molar-refractivity contribution is -0.278. The molecule has 4 fully saturated rings. The van der Waals surface area contributed by atoms with Gasteiger partial charge < -0.3 is 0 Å². The Balaban J connectivity index is 1.96. The van der Waals surface area contributed by atoms with Gasteiger partial charge in [-0.05, 0) is 53.3 Å². The average Bonchev–Trinajstić information content (AvgIpc) is 2.15. The predicted molar refractivity (Wildman–Crippen MR) is 59.9 cm³/mol. The summed E-state index contributed by atoms with van der Waals surface area (Å²) in [7, 11) is 0. The van der Waals surface area contributed by atoms with E-state index in [1.165, 1.54) is 12.8 Å². The molecular formula is C14H24. The van der Waals surface area contributed by atoms with Gasteiger partial charge in [0.2, 0.25) is 0 Å². The molecule has 4 saturated carbocycles. The summed E-state index contributed by atoms with van der Waals surface area (Å²) in [5.41, 5.74) is 1.37. The van der Waals surface area contributed by atoms with Gasteiger partial charge in [-0.15, -0.1) is 0 Å². The molecule has 2 bridgehead atoms. The van der Waals surface area contributed by atoms with E-state index in [2.05, 4.69) is 34.6 Å². The van der Waals surface area contributed by atoms with Crippen LogP contribution in [0.25, 0.3) is 0 Å². The second kappa shape index (κ2) is 2.23. The summed E-state index contributed by atoms with van der Waals surface area (Å²) in [5.74, 6) is 5.12. The highest BCUT2D eigenvalue weighted by Gasteiger charge is 2.70. The highest BCUT2D eigenvalue weighted by atomic mass is 14.7. The lowest BCUT2D eigenvalue weighted by atomic mass is 9.29. The first-order valence-electron chi connectivity index (χ1n) is 6.40. The summed E-state index contributed by atoms with van der Waals surface area (Å²) >= 11 is 0. The van der Waals surface area contributed by atoms with E-state index in [-0.39, 0.29) is 0 Å². The van der Waals surface area contributed by atoms with Crippen LogP contribution in [0.3, 0.4) is 0 Å². The van der Waals surface area contributed by atoms with Gasteiger partial charge in [-0.25, -0.2) is 0 Å². The third-order valence-corrected chi connectivity index (χ3v) is 6.96. The molecule has 4 rings (SSSR count). The molecule has 0 spiro atoms. The zero-order valence-electron chi connectivity index (χ0n) is 10.3. The quantitative estimate of drug-likeness (QED) is 0.545. The topological polar surface area (TPSA) is 0 Å². The predicted octanol–water partition coefficient (Wildman–Crippen LogP) is 3.96. The molecular weight excluding hydrogens is 168 g/mol.